The molecule has 0 spiro atoms. The molecule has 3 aromatic heterocycles. The Hall–Kier alpha value is -1.72. The summed E-state index contributed by atoms with van der Waals surface area (Å²) in [6, 6.07) is 8.29. The number of hydrogen-bond acceptors (Lipinski definition) is 4. The van der Waals surface area contributed by atoms with Crippen molar-refractivity contribution in [2.24, 2.45) is 10.9 Å². The number of rotatable bonds is 4. The van der Waals surface area contributed by atoms with Crippen molar-refractivity contribution in [2.75, 3.05) is 0 Å². The Morgan fingerprint density at radius 2 is 2.04 bits per heavy atom. The van der Waals surface area contributed by atoms with Crippen LogP contribution in [0.5, 0.6) is 0 Å². The fraction of sp³-hybridized carbons (Fsp3) is 0.368. The lowest BCUT2D eigenvalue weighted by atomic mass is 9.89. The second-order valence-electron chi connectivity index (χ2n) is 6.32. The molecule has 0 aliphatic heterocycles. The van der Waals surface area contributed by atoms with E-state index in [0.29, 0.717) is 0 Å². The van der Waals surface area contributed by atoms with Gasteiger partial charge in [-0.25, -0.2) is 4.99 Å². The second kappa shape index (κ2) is 7.45. The van der Waals surface area contributed by atoms with E-state index in [9.17, 15) is 0 Å². The molecule has 3 aromatic rings. The third kappa shape index (κ3) is 3.52. The van der Waals surface area contributed by atoms with Gasteiger partial charge in [-0.15, -0.1) is 22.7 Å². The Morgan fingerprint density at radius 1 is 1.12 bits per heavy atom. The lowest BCUT2D eigenvalue weighted by Crippen LogP contribution is -2.22. The molecular formula is C19H21N3S2. The van der Waals surface area contributed by atoms with Gasteiger partial charge in [-0.3, -0.25) is 4.98 Å². The van der Waals surface area contributed by atoms with Crippen molar-refractivity contribution in [1.82, 2.24) is 9.55 Å². The molecule has 3 heterocycles. The first-order valence-electron chi connectivity index (χ1n) is 8.57. The molecule has 0 amide bonds. The van der Waals surface area contributed by atoms with E-state index in [1.807, 2.05) is 18.3 Å². The van der Waals surface area contributed by atoms with Gasteiger partial charge in [-0.2, -0.15) is 0 Å². The first kappa shape index (κ1) is 15.8. The van der Waals surface area contributed by atoms with Crippen molar-refractivity contribution in [3.63, 3.8) is 0 Å². The van der Waals surface area contributed by atoms with E-state index in [1.54, 1.807) is 28.9 Å². The number of pyridine rings is 1. The van der Waals surface area contributed by atoms with E-state index in [2.05, 4.69) is 32.4 Å². The minimum atomic E-state index is 0.778. The number of nitrogens with zero attached hydrogens (tertiary/aromatic N) is 3. The van der Waals surface area contributed by atoms with Crippen LogP contribution >= 0.6 is 22.7 Å². The highest BCUT2D eigenvalue weighted by molar-refractivity contribution is 7.14. The highest BCUT2D eigenvalue weighted by Crippen LogP contribution is 2.29. The highest BCUT2D eigenvalue weighted by atomic mass is 32.1. The molecule has 3 nitrogen and oxygen atoms in total. The molecule has 4 rings (SSSR count). The van der Waals surface area contributed by atoms with Crippen molar-refractivity contribution < 1.29 is 0 Å². The summed E-state index contributed by atoms with van der Waals surface area (Å²) in [4.78, 5) is 11.5. The van der Waals surface area contributed by atoms with Crippen molar-refractivity contribution in [2.45, 2.75) is 38.6 Å². The zero-order valence-corrected chi connectivity index (χ0v) is 15.2. The van der Waals surface area contributed by atoms with Crippen LogP contribution in [0.1, 0.15) is 32.1 Å². The van der Waals surface area contributed by atoms with Crippen LogP contribution in [0.2, 0.25) is 0 Å². The van der Waals surface area contributed by atoms with Crippen LogP contribution in [0, 0.1) is 5.92 Å². The molecule has 0 radical (unpaired) electrons. The van der Waals surface area contributed by atoms with Gasteiger partial charge in [0.15, 0.2) is 4.80 Å². The van der Waals surface area contributed by atoms with E-state index in [0.717, 1.165) is 23.0 Å². The van der Waals surface area contributed by atoms with E-state index < -0.39 is 0 Å². The summed E-state index contributed by atoms with van der Waals surface area (Å²) in [6.07, 6.45) is 10.5. The van der Waals surface area contributed by atoms with Gasteiger partial charge in [-0.1, -0.05) is 25.3 Å². The summed E-state index contributed by atoms with van der Waals surface area (Å²) in [5, 5.41) is 4.40. The zero-order chi connectivity index (χ0) is 16.2. The molecule has 124 valence electrons. The van der Waals surface area contributed by atoms with Gasteiger partial charge in [0, 0.05) is 18.1 Å². The van der Waals surface area contributed by atoms with Crippen LogP contribution in [-0.4, -0.2) is 9.55 Å². The van der Waals surface area contributed by atoms with Crippen molar-refractivity contribution in [1.29, 1.82) is 0 Å². The minimum absolute atomic E-state index is 0.778. The molecule has 5 heteroatoms. The molecule has 0 N–H and O–H groups in total. The molecule has 1 saturated carbocycles. The van der Waals surface area contributed by atoms with Gasteiger partial charge in [-0.05, 0) is 42.3 Å². The lowest BCUT2D eigenvalue weighted by molar-refractivity contribution is 0.318. The summed E-state index contributed by atoms with van der Waals surface area (Å²) < 4.78 is 2.43. The van der Waals surface area contributed by atoms with Crippen LogP contribution in [-0.2, 0) is 6.54 Å². The predicted molar refractivity (Wildman–Crippen MR) is 102 cm³/mol. The number of thiazole rings is 1. The molecule has 0 atom stereocenters. The number of hydrogen-bond donors (Lipinski definition) is 0. The van der Waals surface area contributed by atoms with Gasteiger partial charge in [0.1, 0.15) is 0 Å². The van der Waals surface area contributed by atoms with Gasteiger partial charge < -0.3 is 4.57 Å². The standard InChI is InChI=1S/C19H21N3S2/c1-2-6-15(7-3-1)13-22-17(18-9-5-11-23-18)14-24-19(22)21-16-8-4-10-20-12-16/h4-5,8-12,14-15H,1-3,6-7,13H2. The van der Waals surface area contributed by atoms with Gasteiger partial charge in [0.25, 0.3) is 0 Å². The minimum Gasteiger partial charge on any atom is -0.315 e. The third-order valence-electron chi connectivity index (χ3n) is 4.61. The second-order valence-corrected chi connectivity index (χ2v) is 8.10. The molecule has 0 unspecified atom stereocenters. The SMILES string of the molecule is c1cncc(N=c2scc(-c3cccs3)n2CC2CCCCC2)c1. The smallest absolute Gasteiger partial charge is 0.190 e. The van der Waals surface area contributed by atoms with Crippen molar-refractivity contribution in [3.05, 3.63) is 52.2 Å². The zero-order valence-electron chi connectivity index (χ0n) is 13.6. The fourth-order valence-corrected chi connectivity index (χ4v) is 5.13. The van der Waals surface area contributed by atoms with Gasteiger partial charge >= 0.3 is 0 Å². The van der Waals surface area contributed by atoms with Crippen LogP contribution in [0.25, 0.3) is 10.6 Å². The maximum absolute atomic E-state index is 4.86. The molecule has 0 bridgehead atoms. The lowest BCUT2D eigenvalue weighted by Gasteiger charge is -2.22. The molecular weight excluding hydrogens is 334 g/mol. The largest absolute Gasteiger partial charge is 0.315 e. The van der Waals surface area contributed by atoms with Crippen LogP contribution < -0.4 is 4.80 Å². The van der Waals surface area contributed by atoms with Crippen LogP contribution in [0.4, 0.5) is 5.69 Å². The first-order valence-corrected chi connectivity index (χ1v) is 10.3. The number of aromatic nitrogens is 2. The maximum atomic E-state index is 4.86. The highest BCUT2D eigenvalue weighted by Gasteiger charge is 2.17. The normalized spacial score (nSPS) is 16.6. The topological polar surface area (TPSA) is 30.2 Å². The molecule has 1 aliphatic carbocycles. The molecule has 0 saturated heterocycles. The Labute approximate surface area is 150 Å². The first-order chi connectivity index (χ1) is 11.9. The average Bonchev–Trinajstić information content (AvgIpc) is 3.28. The Balaban J connectivity index is 1.74. The maximum Gasteiger partial charge on any atom is 0.190 e. The quantitative estimate of drug-likeness (QED) is 0.609. The summed E-state index contributed by atoms with van der Waals surface area (Å²) in [5.74, 6) is 0.778. The average molecular weight is 356 g/mol. The summed E-state index contributed by atoms with van der Waals surface area (Å²) >= 11 is 3.54. The van der Waals surface area contributed by atoms with E-state index in [-0.39, 0.29) is 0 Å². The van der Waals surface area contributed by atoms with E-state index in [1.165, 1.54) is 42.7 Å². The monoisotopic (exact) mass is 355 g/mol. The molecule has 24 heavy (non-hydrogen) atoms. The molecule has 1 fully saturated rings. The summed E-state index contributed by atoms with van der Waals surface area (Å²) in [5.41, 5.74) is 2.23. The Bertz CT molecular complexity index is 825. The molecule has 0 aromatic carbocycles. The van der Waals surface area contributed by atoms with Gasteiger partial charge in [0.2, 0.25) is 0 Å². The van der Waals surface area contributed by atoms with Crippen molar-refractivity contribution in [3.8, 4) is 10.6 Å². The fourth-order valence-electron chi connectivity index (χ4n) is 3.38. The molecule has 1 aliphatic rings. The summed E-state index contributed by atoms with van der Waals surface area (Å²) in [6.45, 7) is 1.08. The predicted octanol–water partition coefficient (Wildman–Crippen LogP) is 5.49. The van der Waals surface area contributed by atoms with E-state index in [4.69, 9.17) is 4.99 Å². The summed E-state index contributed by atoms with van der Waals surface area (Å²) in [7, 11) is 0. The van der Waals surface area contributed by atoms with Crippen molar-refractivity contribution >= 4 is 28.4 Å². The van der Waals surface area contributed by atoms with Crippen LogP contribution in [0.3, 0.4) is 0 Å². The van der Waals surface area contributed by atoms with Crippen LogP contribution in [0.15, 0.2) is 52.4 Å². The Morgan fingerprint density at radius 3 is 2.79 bits per heavy atom. The Kier molecular flexibility index (Phi) is 4.90. The third-order valence-corrected chi connectivity index (χ3v) is 6.36. The number of thiophene rings is 1. The van der Waals surface area contributed by atoms with Gasteiger partial charge in [0.05, 0.1) is 22.5 Å². The van der Waals surface area contributed by atoms with E-state index >= 15 is 0 Å².